The molecule has 0 radical (unpaired) electrons. The highest BCUT2D eigenvalue weighted by Crippen LogP contribution is 2.45. The Morgan fingerprint density at radius 1 is 1.08 bits per heavy atom. The van der Waals surface area contributed by atoms with Gasteiger partial charge in [-0.1, -0.05) is 20.8 Å². The molecule has 0 aromatic rings. The van der Waals surface area contributed by atoms with Crippen molar-refractivity contribution in [3.05, 3.63) is 0 Å². The Balaban J connectivity index is 1.92. The molecule has 0 saturated heterocycles. The molecule has 2 aliphatic rings. The molecular formula is C20H35O3P. The highest BCUT2D eigenvalue weighted by Gasteiger charge is 2.41. The van der Waals surface area contributed by atoms with Crippen molar-refractivity contribution in [3.8, 4) is 0 Å². The number of hydrogen-bond donors (Lipinski definition) is 0. The average Bonchev–Trinajstić information content (AvgIpc) is 2.52. The molecule has 2 aliphatic carbocycles. The van der Waals surface area contributed by atoms with Gasteiger partial charge in [-0.05, 0) is 75.8 Å². The van der Waals surface area contributed by atoms with E-state index in [0.29, 0.717) is 20.4 Å². The summed E-state index contributed by atoms with van der Waals surface area (Å²) in [7, 11) is 0.560. The predicted molar refractivity (Wildman–Crippen MR) is 101 cm³/mol. The van der Waals surface area contributed by atoms with Gasteiger partial charge in [0.1, 0.15) is 12.4 Å². The second kappa shape index (κ2) is 7.85. The van der Waals surface area contributed by atoms with Crippen LogP contribution in [0.2, 0.25) is 0 Å². The maximum atomic E-state index is 12.8. The van der Waals surface area contributed by atoms with Gasteiger partial charge in [0.2, 0.25) is 0 Å². The van der Waals surface area contributed by atoms with Gasteiger partial charge in [0, 0.05) is 5.92 Å². The van der Waals surface area contributed by atoms with Gasteiger partial charge < -0.3 is 9.53 Å². The minimum atomic E-state index is -0.357. The summed E-state index contributed by atoms with van der Waals surface area (Å²) in [4.78, 5) is 23.9. The summed E-state index contributed by atoms with van der Waals surface area (Å²) in [5.41, 5.74) is 0.127. The maximum Gasteiger partial charge on any atom is 0.316 e. The van der Waals surface area contributed by atoms with E-state index in [2.05, 4.69) is 34.4 Å². The number of rotatable bonds is 5. The van der Waals surface area contributed by atoms with Gasteiger partial charge >= 0.3 is 5.97 Å². The Kier molecular flexibility index (Phi) is 6.51. The molecule has 6 unspecified atom stereocenters. The molecule has 3 nitrogen and oxygen atoms in total. The summed E-state index contributed by atoms with van der Waals surface area (Å²) in [6, 6.07) is 0. The average molecular weight is 354 g/mol. The van der Waals surface area contributed by atoms with Crippen molar-refractivity contribution in [1.82, 2.24) is 0 Å². The van der Waals surface area contributed by atoms with Gasteiger partial charge in [0.25, 0.3) is 0 Å². The first-order valence-electron chi connectivity index (χ1n) is 9.52. The third-order valence-corrected chi connectivity index (χ3v) is 7.44. The fourth-order valence-electron chi connectivity index (χ4n) is 4.72. The van der Waals surface area contributed by atoms with Crippen LogP contribution >= 0.6 is 8.58 Å². The SMILES string of the molecule is CPC(C)(CC(C)(C)C)C(=O)OC1CCC2CC(C=O)CCC2C1. The Hall–Kier alpha value is -0.430. The number of ether oxygens (including phenoxy) is 1. The number of fused-ring (bicyclic) bond motifs is 1. The van der Waals surface area contributed by atoms with Gasteiger partial charge in [-0.3, -0.25) is 4.79 Å². The highest BCUT2D eigenvalue weighted by atomic mass is 31.1. The lowest BCUT2D eigenvalue weighted by Gasteiger charge is -2.41. The number of esters is 1. The van der Waals surface area contributed by atoms with E-state index in [9.17, 15) is 9.59 Å². The number of aldehydes is 1. The summed E-state index contributed by atoms with van der Waals surface area (Å²) >= 11 is 0. The largest absolute Gasteiger partial charge is 0.462 e. The van der Waals surface area contributed by atoms with Crippen molar-refractivity contribution in [2.75, 3.05) is 6.66 Å². The van der Waals surface area contributed by atoms with Crippen molar-refractivity contribution in [2.45, 2.75) is 83.9 Å². The molecule has 24 heavy (non-hydrogen) atoms. The summed E-state index contributed by atoms with van der Waals surface area (Å²) in [5.74, 6) is 1.58. The Labute approximate surface area is 149 Å². The van der Waals surface area contributed by atoms with Crippen LogP contribution in [0.25, 0.3) is 0 Å². The lowest BCUT2D eigenvalue weighted by Crippen LogP contribution is -2.41. The van der Waals surface area contributed by atoms with Gasteiger partial charge in [-0.2, -0.15) is 0 Å². The number of carbonyl (C=O) groups excluding carboxylic acids is 2. The van der Waals surface area contributed by atoms with Crippen LogP contribution in [-0.4, -0.2) is 30.2 Å². The Bertz CT molecular complexity index is 456. The molecule has 0 amide bonds. The monoisotopic (exact) mass is 354 g/mol. The minimum Gasteiger partial charge on any atom is -0.462 e. The molecular weight excluding hydrogens is 319 g/mol. The van der Waals surface area contributed by atoms with Crippen LogP contribution in [0.1, 0.15) is 72.6 Å². The van der Waals surface area contributed by atoms with Gasteiger partial charge in [0.15, 0.2) is 0 Å². The first kappa shape index (κ1) is 19.9. The molecule has 0 aliphatic heterocycles. The van der Waals surface area contributed by atoms with E-state index in [4.69, 9.17) is 4.74 Å². The molecule has 2 rings (SSSR count). The van der Waals surface area contributed by atoms with Crippen molar-refractivity contribution >= 4 is 20.8 Å². The van der Waals surface area contributed by atoms with Crippen LogP contribution in [-0.2, 0) is 14.3 Å². The molecule has 0 aromatic heterocycles. The molecule has 2 fully saturated rings. The zero-order valence-corrected chi connectivity index (χ0v) is 17.1. The summed E-state index contributed by atoms with van der Waals surface area (Å²) in [6.45, 7) is 10.8. The van der Waals surface area contributed by atoms with Crippen LogP contribution in [0.15, 0.2) is 0 Å². The Morgan fingerprint density at radius 3 is 2.29 bits per heavy atom. The standard InChI is InChI=1S/C20H35O3P/c1-19(2,3)13-20(4,24-5)18(22)23-17-9-8-15-10-14(12-21)6-7-16(15)11-17/h12,14-17,24H,6-11,13H2,1-5H3. The molecule has 138 valence electrons. The van der Waals surface area contributed by atoms with E-state index in [-0.39, 0.29) is 28.6 Å². The molecule has 2 saturated carbocycles. The molecule has 4 heteroatoms. The number of carbonyl (C=O) groups is 2. The fourth-order valence-corrected chi connectivity index (χ4v) is 5.69. The van der Waals surface area contributed by atoms with Crippen LogP contribution in [0.3, 0.4) is 0 Å². The van der Waals surface area contributed by atoms with Gasteiger partial charge in [0.05, 0.1) is 5.16 Å². The van der Waals surface area contributed by atoms with E-state index in [0.717, 1.165) is 51.2 Å². The summed E-state index contributed by atoms with van der Waals surface area (Å²) in [5, 5.41) is -0.357. The van der Waals surface area contributed by atoms with Gasteiger partial charge in [-0.15, -0.1) is 8.58 Å². The lowest BCUT2D eigenvalue weighted by molar-refractivity contribution is -0.156. The van der Waals surface area contributed by atoms with Crippen molar-refractivity contribution < 1.29 is 14.3 Å². The summed E-state index contributed by atoms with van der Waals surface area (Å²) in [6.07, 6.45) is 8.36. The van der Waals surface area contributed by atoms with E-state index in [1.165, 1.54) is 0 Å². The smallest absolute Gasteiger partial charge is 0.316 e. The van der Waals surface area contributed by atoms with E-state index >= 15 is 0 Å². The summed E-state index contributed by atoms with van der Waals surface area (Å²) < 4.78 is 5.99. The van der Waals surface area contributed by atoms with Gasteiger partial charge in [-0.25, -0.2) is 0 Å². The van der Waals surface area contributed by atoms with Crippen LogP contribution < -0.4 is 0 Å². The third-order valence-electron chi connectivity index (χ3n) is 5.96. The zero-order chi connectivity index (χ0) is 18.0. The molecule has 0 bridgehead atoms. The first-order chi connectivity index (χ1) is 11.2. The van der Waals surface area contributed by atoms with Crippen molar-refractivity contribution in [2.24, 2.45) is 23.2 Å². The van der Waals surface area contributed by atoms with Crippen LogP contribution in [0, 0.1) is 23.2 Å². The topological polar surface area (TPSA) is 43.4 Å². The van der Waals surface area contributed by atoms with Crippen LogP contribution in [0.4, 0.5) is 0 Å². The van der Waals surface area contributed by atoms with E-state index in [1.807, 2.05) is 0 Å². The Morgan fingerprint density at radius 2 is 1.71 bits per heavy atom. The van der Waals surface area contributed by atoms with Crippen LogP contribution in [0.5, 0.6) is 0 Å². The van der Waals surface area contributed by atoms with Crippen molar-refractivity contribution in [3.63, 3.8) is 0 Å². The van der Waals surface area contributed by atoms with E-state index < -0.39 is 0 Å². The second-order valence-electron chi connectivity index (χ2n) is 9.39. The fraction of sp³-hybridized carbons (Fsp3) is 0.900. The van der Waals surface area contributed by atoms with Crippen molar-refractivity contribution in [1.29, 1.82) is 0 Å². The molecule has 0 N–H and O–H groups in total. The lowest BCUT2D eigenvalue weighted by atomic mass is 9.67. The third kappa shape index (κ3) is 5.04. The second-order valence-corrected chi connectivity index (χ2v) is 11.0. The zero-order valence-electron chi connectivity index (χ0n) is 16.1. The predicted octanol–water partition coefficient (Wildman–Crippen LogP) is 4.82. The normalized spacial score (nSPS) is 33.7. The maximum absolute atomic E-state index is 12.8. The quantitative estimate of drug-likeness (QED) is 0.404. The van der Waals surface area contributed by atoms with E-state index in [1.54, 1.807) is 0 Å². The first-order valence-corrected chi connectivity index (χ1v) is 11.0. The minimum absolute atomic E-state index is 0.00304. The molecule has 6 atom stereocenters. The molecule has 0 heterocycles. The highest BCUT2D eigenvalue weighted by molar-refractivity contribution is 7.40. The number of hydrogen-bond acceptors (Lipinski definition) is 3. The molecule has 0 spiro atoms. The molecule has 0 aromatic carbocycles.